The predicted octanol–water partition coefficient (Wildman–Crippen LogP) is 1.62. The van der Waals surface area contributed by atoms with Gasteiger partial charge in [0.1, 0.15) is 5.88 Å². The monoisotopic (exact) mass is 267 g/mol. The maximum Gasteiger partial charge on any atom is 0.239 e. The van der Waals surface area contributed by atoms with E-state index < -0.39 is 0 Å². The van der Waals surface area contributed by atoms with E-state index >= 15 is 0 Å². The van der Waals surface area contributed by atoms with Crippen LogP contribution < -0.4 is 10.2 Å². The molecule has 1 heterocycles. The van der Waals surface area contributed by atoms with Gasteiger partial charge in [-0.3, -0.25) is 4.79 Å². The first kappa shape index (κ1) is 13.2. The Morgan fingerprint density at radius 2 is 1.83 bits per heavy atom. The quantitative estimate of drug-likeness (QED) is 0.846. The molecule has 0 bridgehead atoms. The van der Waals surface area contributed by atoms with Crippen molar-refractivity contribution in [3.63, 3.8) is 0 Å². The van der Waals surface area contributed by atoms with Crippen LogP contribution in [0.5, 0.6) is 0 Å². The van der Waals surface area contributed by atoms with E-state index in [0.717, 1.165) is 31.9 Å². The van der Waals surface area contributed by atoms with Crippen LogP contribution in [0.3, 0.4) is 0 Å². The third-order valence-corrected chi connectivity index (χ3v) is 3.38. The van der Waals surface area contributed by atoms with Crippen LogP contribution in [0.2, 0.25) is 0 Å². The van der Waals surface area contributed by atoms with E-state index in [9.17, 15) is 4.79 Å². The van der Waals surface area contributed by atoms with Gasteiger partial charge in [-0.1, -0.05) is 0 Å². The van der Waals surface area contributed by atoms with Crippen molar-refractivity contribution in [2.45, 2.75) is 0 Å². The Kier molecular flexibility index (Phi) is 4.44. The van der Waals surface area contributed by atoms with Crippen molar-refractivity contribution in [3.05, 3.63) is 24.3 Å². The number of rotatable bonds is 3. The summed E-state index contributed by atoms with van der Waals surface area (Å²) in [4.78, 5) is 15.8. The lowest BCUT2D eigenvalue weighted by atomic mass is 10.2. The number of carbonyl (C=O) groups excluding carboxylic acids is 1. The normalized spacial score (nSPS) is 16.7. The molecule has 0 aromatic heterocycles. The van der Waals surface area contributed by atoms with Crippen LogP contribution in [0.4, 0.5) is 11.4 Å². The average Bonchev–Trinajstić information content (AvgIpc) is 2.40. The Labute approximate surface area is 113 Å². The molecule has 0 atom stereocenters. The van der Waals surface area contributed by atoms with Gasteiger partial charge in [-0.15, -0.1) is 11.6 Å². The standard InChI is InChI=1S/C13H18ClN3O/c1-16-6-8-17(9-7-16)12-4-2-11(3-5-12)15-13(18)10-14/h2-5H,6-10H2,1H3,(H,15,18). The number of amides is 1. The van der Waals surface area contributed by atoms with Crippen molar-refractivity contribution in [1.82, 2.24) is 4.90 Å². The molecule has 4 nitrogen and oxygen atoms in total. The first-order valence-corrected chi connectivity index (χ1v) is 6.62. The number of benzene rings is 1. The van der Waals surface area contributed by atoms with E-state index in [-0.39, 0.29) is 11.8 Å². The molecule has 1 N–H and O–H groups in total. The van der Waals surface area contributed by atoms with Crippen LogP contribution in [0.25, 0.3) is 0 Å². The van der Waals surface area contributed by atoms with Crippen LogP contribution in [0.15, 0.2) is 24.3 Å². The highest BCUT2D eigenvalue weighted by Gasteiger charge is 2.13. The molecule has 0 spiro atoms. The van der Waals surface area contributed by atoms with Gasteiger partial charge in [-0.25, -0.2) is 0 Å². The van der Waals surface area contributed by atoms with Crippen molar-refractivity contribution in [3.8, 4) is 0 Å². The summed E-state index contributed by atoms with van der Waals surface area (Å²) in [5, 5.41) is 2.73. The van der Waals surface area contributed by atoms with Gasteiger partial charge in [-0.05, 0) is 31.3 Å². The minimum Gasteiger partial charge on any atom is -0.369 e. The van der Waals surface area contributed by atoms with Gasteiger partial charge in [0, 0.05) is 37.6 Å². The van der Waals surface area contributed by atoms with Crippen LogP contribution in [-0.4, -0.2) is 49.9 Å². The molecular weight excluding hydrogens is 250 g/mol. The Morgan fingerprint density at radius 1 is 1.22 bits per heavy atom. The molecular formula is C13H18ClN3O. The Balaban J connectivity index is 1.97. The molecule has 1 fully saturated rings. The largest absolute Gasteiger partial charge is 0.369 e. The first-order chi connectivity index (χ1) is 8.69. The smallest absolute Gasteiger partial charge is 0.239 e. The minimum atomic E-state index is -0.177. The van der Waals surface area contributed by atoms with Gasteiger partial charge in [-0.2, -0.15) is 0 Å². The van der Waals surface area contributed by atoms with Gasteiger partial charge < -0.3 is 15.1 Å². The Morgan fingerprint density at radius 3 is 2.39 bits per heavy atom. The lowest BCUT2D eigenvalue weighted by Crippen LogP contribution is -2.44. The summed E-state index contributed by atoms with van der Waals surface area (Å²) < 4.78 is 0. The van der Waals surface area contributed by atoms with Crippen molar-refractivity contribution in [1.29, 1.82) is 0 Å². The zero-order valence-electron chi connectivity index (χ0n) is 10.5. The fourth-order valence-corrected chi connectivity index (χ4v) is 2.08. The van der Waals surface area contributed by atoms with E-state index in [1.807, 2.05) is 24.3 Å². The molecule has 1 aromatic rings. The second-order valence-corrected chi connectivity index (χ2v) is 4.79. The van der Waals surface area contributed by atoms with Crippen LogP contribution in [-0.2, 0) is 4.79 Å². The van der Waals surface area contributed by atoms with E-state index in [4.69, 9.17) is 11.6 Å². The number of likely N-dealkylation sites (N-methyl/N-ethyl adjacent to an activating group) is 1. The summed E-state index contributed by atoms with van der Waals surface area (Å²) in [6.45, 7) is 4.27. The number of piperazine rings is 1. The van der Waals surface area contributed by atoms with E-state index in [1.54, 1.807) is 0 Å². The molecule has 1 saturated heterocycles. The number of nitrogens with zero attached hydrogens (tertiary/aromatic N) is 2. The first-order valence-electron chi connectivity index (χ1n) is 6.08. The fourth-order valence-electron chi connectivity index (χ4n) is 2.01. The molecule has 5 heteroatoms. The van der Waals surface area contributed by atoms with E-state index in [0.29, 0.717) is 0 Å². The molecule has 0 saturated carbocycles. The number of hydrogen-bond acceptors (Lipinski definition) is 3. The lowest BCUT2D eigenvalue weighted by molar-refractivity contribution is -0.113. The number of alkyl halides is 1. The summed E-state index contributed by atoms with van der Waals surface area (Å²) in [6.07, 6.45) is 0. The third-order valence-electron chi connectivity index (χ3n) is 3.14. The van der Waals surface area contributed by atoms with Gasteiger partial charge in [0.05, 0.1) is 0 Å². The molecule has 1 aliphatic heterocycles. The number of halogens is 1. The summed E-state index contributed by atoms with van der Waals surface area (Å²) in [5.41, 5.74) is 1.99. The number of hydrogen-bond donors (Lipinski definition) is 1. The van der Waals surface area contributed by atoms with Crippen molar-refractivity contribution in [2.24, 2.45) is 0 Å². The molecule has 1 aromatic carbocycles. The maximum atomic E-state index is 11.1. The number of anilines is 2. The molecule has 18 heavy (non-hydrogen) atoms. The van der Waals surface area contributed by atoms with E-state index in [2.05, 4.69) is 22.2 Å². The Hall–Kier alpha value is -1.26. The topological polar surface area (TPSA) is 35.6 Å². The number of carbonyl (C=O) groups is 1. The summed E-state index contributed by atoms with van der Waals surface area (Å²) in [7, 11) is 2.14. The predicted molar refractivity (Wildman–Crippen MR) is 75.5 cm³/mol. The third kappa shape index (κ3) is 3.37. The highest BCUT2D eigenvalue weighted by Crippen LogP contribution is 2.19. The van der Waals surface area contributed by atoms with Crippen molar-refractivity contribution in [2.75, 3.05) is 49.3 Å². The molecule has 0 unspecified atom stereocenters. The molecule has 0 aliphatic carbocycles. The minimum absolute atomic E-state index is 0.0137. The van der Waals surface area contributed by atoms with Gasteiger partial charge in [0.25, 0.3) is 0 Å². The summed E-state index contributed by atoms with van der Waals surface area (Å²) >= 11 is 5.44. The van der Waals surface area contributed by atoms with E-state index in [1.165, 1.54) is 5.69 Å². The molecule has 0 radical (unpaired) electrons. The Bertz CT molecular complexity index is 399. The van der Waals surface area contributed by atoms with Crippen molar-refractivity contribution < 1.29 is 4.79 Å². The van der Waals surface area contributed by atoms with Gasteiger partial charge in [0.15, 0.2) is 0 Å². The molecule has 1 aliphatic rings. The van der Waals surface area contributed by atoms with Crippen LogP contribution in [0, 0.1) is 0 Å². The zero-order valence-corrected chi connectivity index (χ0v) is 11.3. The SMILES string of the molecule is CN1CCN(c2ccc(NC(=O)CCl)cc2)CC1. The number of nitrogens with one attached hydrogen (secondary N) is 1. The highest BCUT2D eigenvalue weighted by atomic mass is 35.5. The summed E-state index contributed by atoms with van der Waals surface area (Å²) in [5.74, 6) is -0.191. The lowest BCUT2D eigenvalue weighted by Gasteiger charge is -2.34. The second-order valence-electron chi connectivity index (χ2n) is 4.52. The fraction of sp³-hybridized carbons (Fsp3) is 0.462. The summed E-state index contributed by atoms with van der Waals surface area (Å²) in [6, 6.07) is 7.90. The maximum absolute atomic E-state index is 11.1. The zero-order chi connectivity index (χ0) is 13.0. The van der Waals surface area contributed by atoms with Crippen molar-refractivity contribution >= 4 is 28.9 Å². The molecule has 2 rings (SSSR count). The van der Waals surface area contributed by atoms with Crippen LogP contribution in [0.1, 0.15) is 0 Å². The molecule has 1 amide bonds. The van der Waals surface area contributed by atoms with Gasteiger partial charge in [0.2, 0.25) is 5.91 Å². The molecule has 98 valence electrons. The van der Waals surface area contributed by atoms with Crippen LogP contribution >= 0.6 is 11.6 Å². The average molecular weight is 268 g/mol. The second kappa shape index (κ2) is 6.07. The highest BCUT2D eigenvalue weighted by molar-refractivity contribution is 6.29. The van der Waals surface area contributed by atoms with Gasteiger partial charge >= 0.3 is 0 Å².